The van der Waals surface area contributed by atoms with Gasteiger partial charge >= 0.3 is 0 Å². The number of aromatic amines is 1. The maximum absolute atomic E-state index is 12.5. The third-order valence-electron chi connectivity index (χ3n) is 5.18. The summed E-state index contributed by atoms with van der Waals surface area (Å²) in [6, 6.07) is 0. The van der Waals surface area contributed by atoms with Crippen molar-refractivity contribution in [2.75, 3.05) is 27.2 Å². The van der Waals surface area contributed by atoms with Crippen molar-refractivity contribution in [2.24, 2.45) is 10.5 Å². The molecular weight excluding hydrogens is 330 g/mol. The van der Waals surface area contributed by atoms with Crippen LogP contribution >= 0.6 is 0 Å². The van der Waals surface area contributed by atoms with Crippen molar-refractivity contribution in [3.8, 4) is 0 Å². The van der Waals surface area contributed by atoms with Crippen LogP contribution in [0.2, 0.25) is 0 Å². The van der Waals surface area contributed by atoms with Gasteiger partial charge in [-0.3, -0.25) is 9.59 Å². The first kappa shape index (κ1) is 18.4. The Kier molecular flexibility index (Phi) is 4.75. The van der Waals surface area contributed by atoms with Crippen LogP contribution in [0.4, 0.5) is 0 Å². The van der Waals surface area contributed by atoms with Gasteiger partial charge < -0.3 is 15.2 Å². The molecule has 1 saturated carbocycles. The lowest BCUT2D eigenvalue weighted by Gasteiger charge is -2.10. The molecule has 0 bridgehead atoms. The maximum Gasteiger partial charge on any atom is 0.273 e. The second-order valence-electron chi connectivity index (χ2n) is 7.74. The number of hydrazone groups is 1. The largest absolute Gasteiger partial charge is 0.358 e. The fourth-order valence-electron chi connectivity index (χ4n) is 3.24. The van der Waals surface area contributed by atoms with E-state index in [1.807, 2.05) is 38.9 Å². The molecule has 0 unspecified atom stereocenters. The molecule has 0 atom stereocenters. The zero-order valence-electron chi connectivity index (χ0n) is 16.1. The highest BCUT2D eigenvalue weighted by Gasteiger charge is 2.47. The SMILES string of the molecule is Cc1[nH]c(/C=C2/C(=O)NN=C2C2(C)CC2)c(C)c1C(=O)NCCN(C)C. The number of carbonyl (C=O) groups excluding carboxylic acids is 2. The molecule has 0 spiro atoms. The highest BCUT2D eigenvalue weighted by Crippen LogP contribution is 2.49. The monoisotopic (exact) mass is 357 g/mol. The first-order chi connectivity index (χ1) is 12.2. The van der Waals surface area contributed by atoms with Crippen molar-refractivity contribution in [2.45, 2.75) is 33.6 Å². The summed E-state index contributed by atoms with van der Waals surface area (Å²) in [5, 5.41) is 7.18. The van der Waals surface area contributed by atoms with E-state index in [9.17, 15) is 9.59 Å². The number of hydrogen-bond donors (Lipinski definition) is 3. The van der Waals surface area contributed by atoms with Crippen molar-refractivity contribution < 1.29 is 9.59 Å². The summed E-state index contributed by atoms with van der Waals surface area (Å²) in [5.74, 6) is -0.279. The van der Waals surface area contributed by atoms with E-state index in [1.54, 1.807) is 0 Å². The predicted molar refractivity (Wildman–Crippen MR) is 102 cm³/mol. The Hall–Kier alpha value is -2.41. The molecule has 2 aliphatic rings. The van der Waals surface area contributed by atoms with Crippen LogP contribution in [-0.2, 0) is 4.79 Å². The fraction of sp³-hybridized carbons (Fsp3) is 0.526. The molecule has 26 heavy (non-hydrogen) atoms. The average Bonchev–Trinajstić information content (AvgIpc) is 3.09. The van der Waals surface area contributed by atoms with Crippen LogP contribution in [0.15, 0.2) is 10.7 Å². The van der Waals surface area contributed by atoms with Gasteiger partial charge in [0.05, 0.1) is 16.8 Å². The minimum Gasteiger partial charge on any atom is -0.358 e. The van der Waals surface area contributed by atoms with E-state index in [0.717, 1.165) is 42.0 Å². The smallest absolute Gasteiger partial charge is 0.273 e. The van der Waals surface area contributed by atoms with Crippen molar-refractivity contribution in [3.05, 3.63) is 28.1 Å². The zero-order chi connectivity index (χ0) is 19.1. The van der Waals surface area contributed by atoms with E-state index in [2.05, 4.69) is 27.8 Å². The Morgan fingerprint density at radius 1 is 1.35 bits per heavy atom. The Morgan fingerprint density at radius 3 is 2.65 bits per heavy atom. The van der Waals surface area contributed by atoms with Gasteiger partial charge in [-0.05, 0) is 52.4 Å². The molecule has 1 aromatic heterocycles. The lowest BCUT2D eigenvalue weighted by atomic mass is 9.94. The standard InChI is InChI=1S/C19H27N5O2/c1-11-14(10-13-16(19(3)6-7-19)22-23-17(13)25)21-12(2)15(11)18(26)20-8-9-24(4)5/h10,21H,6-9H2,1-5H3,(H,20,26)(H,23,25)/b13-10+. The van der Waals surface area contributed by atoms with Crippen LogP contribution in [0.1, 0.15) is 47.1 Å². The molecule has 2 heterocycles. The van der Waals surface area contributed by atoms with E-state index < -0.39 is 0 Å². The average molecular weight is 357 g/mol. The van der Waals surface area contributed by atoms with Crippen LogP contribution in [0, 0.1) is 19.3 Å². The van der Waals surface area contributed by atoms with Crippen LogP contribution in [-0.4, -0.2) is 54.6 Å². The Labute approximate surface area is 153 Å². The molecule has 140 valence electrons. The molecule has 3 rings (SSSR count). The third-order valence-corrected chi connectivity index (χ3v) is 5.18. The van der Waals surface area contributed by atoms with Gasteiger partial charge in [0.2, 0.25) is 0 Å². The second-order valence-corrected chi connectivity index (χ2v) is 7.74. The van der Waals surface area contributed by atoms with Crippen molar-refractivity contribution in [3.63, 3.8) is 0 Å². The molecule has 0 radical (unpaired) electrons. The van der Waals surface area contributed by atoms with Gasteiger partial charge in [0.25, 0.3) is 11.8 Å². The molecule has 1 aliphatic carbocycles. The second kappa shape index (κ2) is 6.72. The van der Waals surface area contributed by atoms with Gasteiger partial charge in [-0.15, -0.1) is 0 Å². The van der Waals surface area contributed by atoms with Crippen molar-refractivity contribution >= 4 is 23.6 Å². The Morgan fingerprint density at radius 2 is 2.04 bits per heavy atom. The van der Waals surface area contributed by atoms with Gasteiger partial charge in [0.1, 0.15) is 0 Å². The van der Waals surface area contributed by atoms with Gasteiger partial charge in [-0.25, -0.2) is 5.43 Å². The minimum absolute atomic E-state index is 0.00702. The number of carbonyl (C=O) groups is 2. The number of rotatable bonds is 6. The highest BCUT2D eigenvalue weighted by atomic mass is 16.2. The van der Waals surface area contributed by atoms with Gasteiger partial charge in [0.15, 0.2) is 0 Å². The molecule has 0 aromatic carbocycles. The molecule has 1 aliphatic heterocycles. The van der Waals surface area contributed by atoms with Crippen LogP contribution in [0.25, 0.3) is 6.08 Å². The first-order valence-corrected chi connectivity index (χ1v) is 8.95. The number of aromatic nitrogens is 1. The predicted octanol–water partition coefficient (Wildman–Crippen LogP) is 1.59. The quantitative estimate of drug-likeness (QED) is 0.676. The molecule has 1 aromatic rings. The Balaban J connectivity index is 1.85. The zero-order valence-corrected chi connectivity index (χ0v) is 16.1. The highest BCUT2D eigenvalue weighted by molar-refractivity contribution is 6.29. The summed E-state index contributed by atoms with van der Waals surface area (Å²) in [6.45, 7) is 7.27. The summed E-state index contributed by atoms with van der Waals surface area (Å²) in [4.78, 5) is 30.0. The van der Waals surface area contributed by atoms with Crippen LogP contribution in [0.5, 0.6) is 0 Å². The number of likely N-dealkylation sites (N-methyl/N-ethyl adjacent to an activating group) is 1. The Bertz CT molecular complexity index is 812. The summed E-state index contributed by atoms with van der Waals surface area (Å²) in [6.07, 6.45) is 3.91. The van der Waals surface area contributed by atoms with Gasteiger partial charge in [-0.2, -0.15) is 5.10 Å². The summed E-state index contributed by atoms with van der Waals surface area (Å²) < 4.78 is 0. The molecule has 7 nitrogen and oxygen atoms in total. The van der Waals surface area contributed by atoms with Gasteiger partial charge in [0, 0.05) is 29.9 Å². The number of amides is 2. The summed E-state index contributed by atoms with van der Waals surface area (Å²) in [5.41, 5.74) is 7.05. The van der Waals surface area contributed by atoms with E-state index >= 15 is 0 Å². The third kappa shape index (κ3) is 3.44. The van der Waals surface area contributed by atoms with Crippen LogP contribution < -0.4 is 10.7 Å². The van der Waals surface area contributed by atoms with Gasteiger partial charge in [-0.1, -0.05) is 6.92 Å². The number of H-pyrrole nitrogens is 1. The fourth-order valence-corrected chi connectivity index (χ4v) is 3.24. The normalized spacial score (nSPS) is 19.7. The topological polar surface area (TPSA) is 89.6 Å². The maximum atomic E-state index is 12.5. The number of hydrogen-bond acceptors (Lipinski definition) is 4. The number of aryl methyl sites for hydroxylation is 1. The van der Waals surface area contributed by atoms with E-state index in [4.69, 9.17) is 0 Å². The molecule has 0 saturated heterocycles. The van der Waals surface area contributed by atoms with Crippen molar-refractivity contribution in [1.29, 1.82) is 0 Å². The first-order valence-electron chi connectivity index (χ1n) is 8.95. The lowest BCUT2D eigenvalue weighted by molar-refractivity contribution is -0.116. The minimum atomic E-state index is -0.184. The van der Waals surface area contributed by atoms with E-state index in [-0.39, 0.29) is 17.2 Å². The number of nitrogens with one attached hydrogen (secondary N) is 3. The van der Waals surface area contributed by atoms with E-state index in [1.165, 1.54) is 0 Å². The summed E-state index contributed by atoms with van der Waals surface area (Å²) >= 11 is 0. The molecule has 7 heteroatoms. The van der Waals surface area contributed by atoms with Crippen LogP contribution in [0.3, 0.4) is 0 Å². The molecule has 2 amide bonds. The summed E-state index contributed by atoms with van der Waals surface area (Å²) in [7, 11) is 3.94. The van der Waals surface area contributed by atoms with Crippen molar-refractivity contribution in [1.82, 2.24) is 20.6 Å². The number of nitrogens with zero attached hydrogens (tertiary/aromatic N) is 2. The lowest BCUT2D eigenvalue weighted by Crippen LogP contribution is -2.31. The molecule has 1 fully saturated rings. The molecular formula is C19H27N5O2. The molecule has 3 N–H and O–H groups in total. The van der Waals surface area contributed by atoms with E-state index in [0.29, 0.717) is 17.7 Å².